The van der Waals surface area contributed by atoms with Crippen LogP contribution in [0.4, 0.5) is 0 Å². The third-order valence-corrected chi connectivity index (χ3v) is 5.03. The quantitative estimate of drug-likeness (QED) is 0.281. The summed E-state index contributed by atoms with van der Waals surface area (Å²) in [5.74, 6) is 0.997. The summed E-state index contributed by atoms with van der Waals surface area (Å²) in [5.41, 5.74) is 0. The first-order valence-corrected chi connectivity index (χ1v) is 10.9. The number of hydrogen-bond acceptors (Lipinski definition) is 5. The second kappa shape index (κ2) is 19.1. The van der Waals surface area contributed by atoms with Crippen LogP contribution in [0.25, 0.3) is 0 Å². The van der Waals surface area contributed by atoms with Gasteiger partial charge in [0.05, 0.1) is 12.4 Å². The number of carbonyl (C=O) groups excluding carboxylic acids is 1. The van der Waals surface area contributed by atoms with Gasteiger partial charge in [0.2, 0.25) is 0 Å². The SMILES string of the molecule is CCCCCCCCCCCCCCSCC(=O)OC[C@@H](O)CO. The van der Waals surface area contributed by atoms with E-state index in [4.69, 9.17) is 14.9 Å². The maximum absolute atomic E-state index is 11.3. The van der Waals surface area contributed by atoms with E-state index in [-0.39, 0.29) is 19.2 Å². The van der Waals surface area contributed by atoms with Crippen molar-refractivity contribution in [3.8, 4) is 0 Å². The molecule has 0 aliphatic rings. The molecule has 0 spiro atoms. The Labute approximate surface area is 152 Å². The van der Waals surface area contributed by atoms with Crippen molar-refractivity contribution < 1.29 is 19.7 Å². The number of thioether (sulfide) groups is 1. The number of esters is 1. The van der Waals surface area contributed by atoms with Gasteiger partial charge in [-0.2, -0.15) is 11.8 Å². The number of hydrogen-bond donors (Lipinski definition) is 2. The van der Waals surface area contributed by atoms with Crippen LogP contribution in [0.3, 0.4) is 0 Å². The lowest BCUT2D eigenvalue weighted by molar-refractivity contribution is -0.144. The molecule has 5 heteroatoms. The van der Waals surface area contributed by atoms with E-state index in [1.165, 1.54) is 70.6 Å². The maximum Gasteiger partial charge on any atom is 0.315 e. The summed E-state index contributed by atoms with van der Waals surface area (Å²) in [5, 5.41) is 17.7. The highest BCUT2D eigenvalue weighted by Gasteiger charge is 2.07. The summed E-state index contributed by atoms with van der Waals surface area (Å²) in [7, 11) is 0. The van der Waals surface area contributed by atoms with Crippen LogP contribution in [-0.2, 0) is 9.53 Å². The van der Waals surface area contributed by atoms with Gasteiger partial charge in [0.25, 0.3) is 0 Å². The zero-order valence-corrected chi connectivity index (χ0v) is 16.3. The Morgan fingerprint density at radius 1 is 0.917 bits per heavy atom. The largest absolute Gasteiger partial charge is 0.462 e. The summed E-state index contributed by atoms with van der Waals surface area (Å²) >= 11 is 1.58. The van der Waals surface area contributed by atoms with Gasteiger partial charge in [0, 0.05) is 0 Å². The highest BCUT2D eigenvalue weighted by molar-refractivity contribution is 7.99. The molecular weight excluding hydrogens is 324 g/mol. The molecule has 1 atom stereocenters. The van der Waals surface area contributed by atoms with Crippen LogP contribution in [0.5, 0.6) is 0 Å². The van der Waals surface area contributed by atoms with Gasteiger partial charge in [-0.15, -0.1) is 0 Å². The van der Waals surface area contributed by atoms with Gasteiger partial charge < -0.3 is 14.9 Å². The maximum atomic E-state index is 11.3. The Hall–Kier alpha value is -0.260. The molecule has 0 unspecified atom stereocenters. The van der Waals surface area contributed by atoms with Crippen LogP contribution in [0.2, 0.25) is 0 Å². The number of aliphatic hydroxyl groups is 2. The zero-order chi connectivity index (χ0) is 17.9. The van der Waals surface area contributed by atoms with Gasteiger partial charge >= 0.3 is 5.97 Å². The first kappa shape index (κ1) is 23.7. The molecule has 144 valence electrons. The van der Waals surface area contributed by atoms with E-state index in [1.807, 2.05) is 0 Å². The molecule has 0 aromatic heterocycles. The molecule has 2 N–H and O–H groups in total. The number of rotatable bonds is 18. The topological polar surface area (TPSA) is 66.8 Å². The van der Waals surface area contributed by atoms with Crippen molar-refractivity contribution >= 4 is 17.7 Å². The van der Waals surface area contributed by atoms with Crippen LogP contribution in [0, 0.1) is 0 Å². The van der Waals surface area contributed by atoms with E-state index >= 15 is 0 Å². The van der Waals surface area contributed by atoms with Gasteiger partial charge in [0.15, 0.2) is 0 Å². The minimum Gasteiger partial charge on any atom is -0.462 e. The molecule has 0 aliphatic heterocycles. The molecule has 0 aliphatic carbocycles. The molecule has 0 aromatic carbocycles. The van der Waals surface area contributed by atoms with E-state index in [1.54, 1.807) is 11.8 Å². The Balaban J connectivity index is 3.13. The average Bonchev–Trinajstić information content (AvgIpc) is 2.59. The molecule has 0 heterocycles. The van der Waals surface area contributed by atoms with Gasteiger partial charge in [-0.25, -0.2) is 0 Å². The third kappa shape index (κ3) is 18.1. The van der Waals surface area contributed by atoms with Gasteiger partial charge in [0.1, 0.15) is 12.7 Å². The zero-order valence-electron chi connectivity index (χ0n) is 15.5. The minimum atomic E-state index is -0.963. The predicted octanol–water partition coefficient (Wildman–Crippen LogP) is 4.32. The fourth-order valence-corrected chi connectivity index (χ4v) is 3.29. The summed E-state index contributed by atoms with van der Waals surface area (Å²) in [6.45, 7) is 1.77. The molecular formula is C19H38O4S. The Morgan fingerprint density at radius 3 is 1.92 bits per heavy atom. The molecule has 0 aromatic rings. The Kier molecular flexibility index (Phi) is 18.9. The number of carbonyl (C=O) groups is 1. The van der Waals surface area contributed by atoms with Crippen LogP contribution >= 0.6 is 11.8 Å². The summed E-state index contributed by atoms with van der Waals surface area (Å²) < 4.78 is 4.84. The van der Waals surface area contributed by atoms with Crippen molar-refractivity contribution in [2.45, 2.75) is 90.1 Å². The molecule has 0 fully saturated rings. The van der Waals surface area contributed by atoms with Crippen LogP contribution in [0.15, 0.2) is 0 Å². The lowest BCUT2D eigenvalue weighted by atomic mass is 10.1. The third-order valence-electron chi connectivity index (χ3n) is 4.01. The van der Waals surface area contributed by atoms with Crippen molar-refractivity contribution in [2.24, 2.45) is 0 Å². The van der Waals surface area contributed by atoms with Crippen LogP contribution < -0.4 is 0 Å². The number of ether oxygens (including phenoxy) is 1. The van der Waals surface area contributed by atoms with E-state index in [9.17, 15) is 4.79 Å². The predicted molar refractivity (Wildman–Crippen MR) is 102 cm³/mol. The fourth-order valence-electron chi connectivity index (χ4n) is 2.48. The second-order valence-electron chi connectivity index (χ2n) is 6.46. The fraction of sp³-hybridized carbons (Fsp3) is 0.947. The first-order chi connectivity index (χ1) is 11.7. The molecule has 0 radical (unpaired) electrons. The summed E-state index contributed by atoms with van der Waals surface area (Å²) in [6.07, 6.45) is 15.1. The molecule has 0 saturated carbocycles. The Morgan fingerprint density at radius 2 is 1.42 bits per heavy atom. The molecule has 0 bridgehead atoms. The normalized spacial score (nSPS) is 12.3. The van der Waals surface area contributed by atoms with Gasteiger partial charge in [-0.1, -0.05) is 77.6 Å². The first-order valence-electron chi connectivity index (χ1n) is 9.73. The molecule has 24 heavy (non-hydrogen) atoms. The van der Waals surface area contributed by atoms with Crippen molar-refractivity contribution in [1.29, 1.82) is 0 Å². The molecule has 0 rings (SSSR count). The highest BCUT2D eigenvalue weighted by atomic mass is 32.2. The van der Waals surface area contributed by atoms with E-state index in [0.29, 0.717) is 5.75 Å². The summed E-state index contributed by atoms with van der Waals surface area (Å²) in [4.78, 5) is 11.3. The van der Waals surface area contributed by atoms with Crippen molar-refractivity contribution in [3.05, 3.63) is 0 Å². The smallest absolute Gasteiger partial charge is 0.315 e. The number of unbranched alkanes of at least 4 members (excludes halogenated alkanes) is 11. The average molecular weight is 363 g/mol. The van der Waals surface area contributed by atoms with Crippen molar-refractivity contribution in [1.82, 2.24) is 0 Å². The van der Waals surface area contributed by atoms with E-state index in [0.717, 1.165) is 12.2 Å². The summed E-state index contributed by atoms with van der Waals surface area (Å²) in [6, 6.07) is 0. The highest BCUT2D eigenvalue weighted by Crippen LogP contribution is 2.13. The van der Waals surface area contributed by atoms with Crippen molar-refractivity contribution in [3.63, 3.8) is 0 Å². The second-order valence-corrected chi connectivity index (χ2v) is 7.57. The molecule has 4 nitrogen and oxygen atoms in total. The molecule has 0 amide bonds. The lowest BCUT2D eigenvalue weighted by Gasteiger charge is -2.08. The standard InChI is InChI=1S/C19H38O4S/c1-2-3-4-5-6-7-8-9-10-11-12-13-14-24-17-19(22)23-16-18(21)15-20/h18,20-21H,2-17H2,1H3/t18-/m0/s1. The van der Waals surface area contributed by atoms with Crippen LogP contribution in [-0.4, -0.2) is 47.0 Å². The lowest BCUT2D eigenvalue weighted by Crippen LogP contribution is -2.22. The van der Waals surface area contributed by atoms with E-state index in [2.05, 4.69) is 6.92 Å². The van der Waals surface area contributed by atoms with E-state index < -0.39 is 6.10 Å². The van der Waals surface area contributed by atoms with Gasteiger partial charge in [-0.05, 0) is 12.2 Å². The molecule has 0 saturated heterocycles. The Bertz CT molecular complexity index is 274. The monoisotopic (exact) mass is 362 g/mol. The number of aliphatic hydroxyl groups excluding tert-OH is 2. The minimum absolute atomic E-state index is 0.117. The van der Waals surface area contributed by atoms with Crippen molar-refractivity contribution in [2.75, 3.05) is 24.7 Å². The van der Waals surface area contributed by atoms with Crippen LogP contribution in [0.1, 0.15) is 84.0 Å². The van der Waals surface area contributed by atoms with Gasteiger partial charge in [-0.3, -0.25) is 4.79 Å².